The van der Waals surface area contributed by atoms with Gasteiger partial charge in [0.25, 0.3) is 0 Å². The number of hydrogen-bond acceptors (Lipinski definition) is 4. The molecule has 0 unspecified atom stereocenters. The topological polar surface area (TPSA) is 55.6 Å². The third-order valence-electron chi connectivity index (χ3n) is 3.09. The molecule has 0 fully saturated rings. The number of nitrogens with zero attached hydrogens (tertiary/aromatic N) is 4. The molecule has 1 N–H and O–H groups in total. The Hall–Kier alpha value is -1.91. The maximum absolute atomic E-state index is 4.67. The number of hydrogen-bond donors (Lipinski definition) is 1. The normalized spacial score (nSPS) is 10.8. The summed E-state index contributed by atoms with van der Waals surface area (Å²) in [6.45, 7) is 8.13. The smallest absolute Gasteiger partial charge is 0.180 e. The highest BCUT2D eigenvalue weighted by Gasteiger charge is 2.10. The third-order valence-corrected chi connectivity index (χ3v) is 3.09. The minimum absolute atomic E-state index is 0.758. The maximum Gasteiger partial charge on any atom is 0.180 e. The predicted molar refractivity (Wildman–Crippen MR) is 81.7 cm³/mol. The van der Waals surface area contributed by atoms with E-state index in [1.807, 2.05) is 10.7 Å². The summed E-state index contributed by atoms with van der Waals surface area (Å²) < 4.78 is 1.93. The minimum atomic E-state index is 0.758. The van der Waals surface area contributed by atoms with Gasteiger partial charge in [0.05, 0.1) is 0 Å². The molecule has 0 saturated heterocycles. The van der Waals surface area contributed by atoms with Crippen LogP contribution in [0.5, 0.6) is 0 Å². The Bertz CT molecular complexity index is 547. The van der Waals surface area contributed by atoms with E-state index in [-0.39, 0.29) is 0 Å². The van der Waals surface area contributed by atoms with Crippen molar-refractivity contribution in [1.29, 1.82) is 0 Å². The van der Waals surface area contributed by atoms with Crippen LogP contribution in [0.4, 0.5) is 5.82 Å². The lowest BCUT2D eigenvalue weighted by molar-refractivity contribution is 0.663. The number of aromatic nitrogens is 4. The van der Waals surface area contributed by atoms with Crippen molar-refractivity contribution in [3.63, 3.8) is 0 Å². The van der Waals surface area contributed by atoms with Gasteiger partial charge in [0, 0.05) is 31.0 Å². The molecule has 2 rings (SSSR count). The van der Waals surface area contributed by atoms with E-state index in [1.165, 1.54) is 0 Å². The molecule has 0 saturated carbocycles. The van der Waals surface area contributed by atoms with Crippen molar-refractivity contribution in [2.45, 2.75) is 46.6 Å². The van der Waals surface area contributed by atoms with Crippen LogP contribution in [0.2, 0.25) is 0 Å². The fourth-order valence-electron chi connectivity index (χ4n) is 2.11. The first-order valence-electron chi connectivity index (χ1n) is 7.42. The third kappa shape index (κ3) is 3.35. The zero-order valence-electron chi connectivity index (χ0n) is 12.6. The van der Waals surface area contributed by atoms with E-state index in [0.29, 0.717) is 0 Å². The lowest BCUT2D eigenvalue weighted by atomic mass is 10.2. The molecule has 20 heavy (non-hydrogen) atoms. The van der Waals surface area contributed by atoms with Crippen molar-refractivity contribution in [2.75, 3.05) is 11.9 Å². The fourth-order valence-corrected chi connectivity index (χ4v) is 2.11. The van der Waals surface area contributed by atoms with Gasteiger partial charge in [-0.3, -0.25) is 4.68 Å². The van der Waals surface area contributed by atoms with Gasteiger partial charge in [-0.2, -0.15) is 5.10 Å². The summed E-state index contributed by atoms with van der Waals surface area (Å²) in [7, 11) is 0. The molecule has 0 aromatic carbocycles. The Morgan fingerprint density at radius 2 is 2.00 bits per heavy atom. The van der Waals surface area contributed by atoms with Crippen molar-refractivity contribution in [2.24, 2.45) is 0 Å². The fraction of sp³-hybridized carbons (Fsp3) is 0.533. The zero-order valence-corrected chi connectivity index (χ0v) is 12.6. The van der Waals surface area contributed by atoms with Crippen LogP contribution in [-0.4, -0.2) is 26.3 Å². The zero-order chi connectivity index (χ0) is 14.4. The quantitative estimate of drug-likeness (QED) is 0.842. The second-order valence-corrected chi connectivity index (χ2v) is 4.78. The molecule has 0 spiro atoms. The van der Waals surface area contributed by atoms with Crippen molar-refractivity contribution < 1.29 is 0 Å². The lowest BCUT2D eigenvalue weighted by Crippen LogP contribution is -2.08. The first-order chi connectivity index (χ1) is 9.78. The van der Waals surface area contributed by atoms with Gasteiger partial charge in [-0.1, -0.05) is 20.3 Å². The molecule has 0 amide bonds. The predicted octanol–water partition coefficient (Wildman–Crippen LogP) is 3.13. The Morgan fingerprint density at radius 3 is 2.70 bits per heavy atom. The summed E-state index contributed by atoms with van der Waals surface area (Å²) in [5, 5.41) is 7.65. The molecule has 0 aliphatic rings. The summed E-state index contributed by atoms with van der Waals surface area (Å²) >= 11 is 0. The van der Waals surface area contributed by atoms with Gasteiger partial charge in [0.1, 0.15) is 11.5 Å². The maximum atomic E-state index is 4.67. The molecular weight excluding hydrogens is 250 g/mol. The van der Waals surface area contributed by atoms with Crippen LogP contribution in [0.1, 0.15) is 39.3 Å². The molecule has 2 aromatic heterocycles. The van der Waals surface area contributed by atoms with E-state index in [2.05, 4.69) is 47.2 Å². The Labute approximate surface area is 120 Å². The highest BCUT2D eigenvalue weighted by Crippen LogP contribution is 2.18. The summed E-state index contributed by atoms with van der Waals surface area (Å²) in [4.78, 5) is 9.29. The second kappa shape index (κ2) is 7.03. The first kappa shape index (κ1) is 14.5. The molecule has 0 bridgehead atoms. The van der Waals surface area contributed by atoms with Gasteiger partial charge in [-0.05, 0) is 25.8 Å². The number of nitrogens with one attached hydrogen (secondary N) is 1. The summed E-state index contributed by atoms with van der Waals surface area (Å²) in [5.74, 6) is 1.66. The van der Waals surface area contributed by atoms with Crippen molar-refractivity contribution in [1.82, 2.24) is 19.7 Å². The van der Waals surface area contributed by atoms with Crippen LogP contribution in [0.3, 0.4) is 0 Å². The standard InChI is InChI=1S/C15H23N5/c1-4-7-12-11-14(16-9-5-2)19-15(18-12)13-8-10-17-20(13)6-3/h8,10-11H,4-7,9H2,1-3H3,(H,16,18,19). The molecule has 0 aliphatic heterocycles. The molecule has 2 aromatic rings. The van der Waals surface area contributed by atoms with E-state index in [0.717, 1.165) is 55.4 Å². The highest BCUT2D eigenvalue weighted by atomic mass is 15.3. The molecule has 0 aliphatic carbocycles. The molecule has 5 nitrogen and oxygen atoms in total. The van der Waals surface area contributed by atoms with Crippen LogP contribution >= 0.6 is 0 Å². The number of aryl methyl sites for hydroxylation is 2. The van der Waals surface area contributed by atoms with E-state index >= 15 is 0 Å². The van der Waals surface area contributed by atoms with E-state index in [4.69, 9.17) is 0 Å². The average Bonchev–Trinajstić information content (AvgIpc) is 2.93. The van der Waals surface area contributed by atoms with Crippen molar-refractivity contribution in [3.8, 4) is 11.5 Å². The number of rotatable bonds is 7. The van der Waals surface area contributed by atoms with Crippen LogP contribution < -0.4 is 5.32 Å². The molecule has 0 atom stereocenters. The van der Waals surface area contributed by atoms with E-state index < -0.39 is 0 Å². The molecule has 108 valence electrons. The Kier molecular flexibility index (Phi) is 5.09. The minimum Gasteiger partial charge on any atom is -0.370 e. The Morgan fingerprint density at radius 1 is 1.15 bits per heavy atom. The molecule has 2 heterocycles. The van der Waals surface area contributed by atoms with Crippen LogP contribution in [0.15, 0.2) is 18.3 Å². The molecule has 0 radical (unpaired) electrons. The van der Waals surface area contributed by atoms with Gasteiger partial charge >= 0.3 is 0 Å². The van der Waals surface area contributed by atoms with Crippen LogP contribution in [0.25, 0.3) is 11.5 Å². The lowest BCUT2D eigenvalue weighted by Gasteiger charge is -2.10. The van der Waals surface area contributed by atoms with Gasteiger partial charge in [0.15, 0.2) is 5.82 Å². The van der Waals surface area contributed by atoms with Crippen molar-refractivity contribution >= 4 is 5.82 Å². The van der Waals surface area contributed by atoms with Gasteiger partial charge in [-0.25, -0.2) is 9.97 Å². The summed E-state index contributed by atoms with van der Waals surface area (Å²) in [6.07, 6.45) is 4.93. The Balaban J connectivity index is 2.38. The van der Waals surface area contributed by atoms with E-state index in [9.17, 15) is 0 Å². The van der Waals surface area contributed by atoms with E-state index in [1.54, 1.807) is 6.20 Å². The number of anilines is 1. The van der Waals surface area contributed by atoms with Crippen LogP contribution in [0, 0.1) is 0 Å². The summed E-state index contributed by atoms with van der Waals surface area (Å²) in [6, 6.07) is 4.02. The monoisotopic (exact) mass is 273 g/mol. The van der Waals surface area contributed by atoms with Gasteiger partial charge in [0.2, 0.25) is 0 Å². The summed E-state index contributed by atoms with van der Waals surface area (Å²) in [5.41, 5.74) is 2.06. The van der Waals surface area contributed by atoms with Gasteiger partial charge < -0.3 is 5.32 Å². The highest BCUT2D eigenvalue weighted by molar-refractivity contribution is 5.53. The molecular formula is C15H23N5. The van der Waals surface area contributed by atoms with Crippen molar-refractivity contribution in [3.05, 3.63) is 24.0 Å². The molecule has 5 heteroatoms. The van der Waals surface area contributed by atoms with Gasteiger partial charge in [-0.15, -0.1) is 0 Å². The average molecular weight is 273 g/mol. The first-order valence-corrected chi connectivity index (χ1v) is 7.42. The second-order valence-electron chi connectivity index (χ2n) is 4.78. The SMILES string of the molecule is CCCNc1cc(CCC)nc(-c2ccnn2CC)n1. The van der Waals surface area contributed by atoms with Crippen LogP contribution in [-0.2, 0) is 13.0 Å². The largest absolute Gasteiger partial charge is 0.370 e.